The molecule has 0 fully saturated rings. The van der Waals surface area contributed by atoms with Crippen LogP contribution < -0.4 is 15.0 Å². The summed E-state index contributed by atoms with van der Waals surface area (Å²) in [6.07, 6.45) is 0.489. The maximum absolute atomic E-state index is 12.7. The summed E-state index contributed by atoms with van der Waals surface area (Å²) >= 11 is 12.4. The number of nitrogens with zero attached hydrogens (tertiary/aromatic N) is 1. The number of aromatic nitrogens is 1. The lowest BCUT2D eigenvalue weighted by Crippen LogP contribution is -2.26. The third-order valence-electron chi connectivity index (χ3n) is 4.62. The molecule has 0 saturated heterocycles. The van der Waals surface area contributed by atoms with Gasteiger partial charge in [-0.1, -0.05) is 41.4 Å². The van der Waals surface area contributed by atoms with Gasteiger partial charge in [-0.25, -0.2) is 4.79 Å². The van der Waals surface area contributed by atoms with Crippen molar-refractivity contribution in [2.45, 2.75) is 26.5 Å². The molecule has 6 nitrogen and oxygen atoms in total. The number of hydrogen-bond acceptors (Lipinski definition) is 4. The van der Waals surface area contributed by atoms with Gasteiger partial charge in [-0.15, -0.1) is 0 Å². The predicted molar refractivity (Wildman–Crippen MR) is 120 cm³/mol. The first kappa shape index (κ1) is 22.7. The van der Waals surface area contributed by atoms with E-state index in [1.807, 2.05) is 19.1 Å². The van der Waals surface area contributed by atoms with Gasteiger partial charge in [0.25, 0.3) is 5.56 Å². The molecule has 162 valence electrons. The third kappa shape index (κ3) is 5.81. The standard InChI is InChI=1S/C23H21Cl2NO5/c1-2-30-17-4-3-5-18(12-17)31-14-21-19(24)13-20(25)22(27)26(21)11-10-15-6-8-16(9-7-15)23(28)29/h3-9,12-13H,2,10-11,14H2,1H3,(H,28,29). The van der Waals surface area contributed by atoms with Gasteiger partial charge >= 0.3 is 5.97 Å². The molecule has 1 N–H and O–H groups in total. The van der Waals surface area contributed by atoms with E-state index in [0.29, 0.717) is 41.8 Å². The second kappa shape index (κ2) is 10.4. The molecule has 2 aromatic carbocycles. The summed E-state index contributed by atoms with van der Waals surface area (Å²) in [5.74, 6) is 0.279. The zero-order chi connectivity index (χ0) is 22.4. The summed E-state index contributed by atoms with van der Waals surface area (Å²) in [4.78, 5) is 23.7. The van der Waals surface area contributed by atoms with E-state index >= 15 is 0 Å². The quantitative estimate of drug-likeness (QED) is 0.480. The zero-order valence-corrected chi connectivity index (χ0v) is 18.3. The monoisotopic (exact) mass is 461 g/mol. The first-order chi connectivity index (χ1) is 14.9. The maximum Gasteiger partial charge on any atom is 0.335 e. The molecule has 0 amide bonds. The van der Waals surface area contributed by atoms with Crippen molar-refractivity contribution in [2.24, 2.45) is 0 Å². The summed E-state index contributed by atoms with van der Waals surface area (Å²) in [5, 5.41) is 9.37. The summed E-state index contributed by atoms with van der Waals surface area (Å²) in [6.45, 7) is 2.82. The van der Waals surface area contributed by atoms with Crippen molar-refractivity contribution >= 4 is 29.2 Å². The zero-order valence-electron chi connectivity index (χ0n) is 16.8. The Morgan fingerprint density at radius 1 is 1.00 bits per heavy atom. The molecular weight excluding hydrogens is 441 g/mol. The number of carboxylic acids is 1. The fourth-order valence-corrected chi connectivity index (χ4v) is 3.58. The number of benzene rings is 2. The van der Waals surface area contributed by atoms with Crippen LogP contribution in [0.4, 0.5) is 0 Å². The highest BCUT2D eigenvalue weighted by Crippen LogP contribution is 2.23. The molecule has 0 spiro atoms. The summed E-state index contributed by atoms with van der Waals surface area (Å²) in [7, 11) is 0. The second-order valence-electron chi connectivity index (χ2n) is 6.69. The molecule has 8 heteroatoms. The summed E-state index contributed by atoms with van der Waals surface area (Å²) < 4.78 is 12.8. The highest BCUT2D eigenvalue weighted by atomic mass is 35.5. The Kier molecular flexibility index (Phi) is 7.60. The van der Waals surface area contributed by atoms with Gasteiger partial charge in [-0.3, -0.25) is 4.79 Å². The van der Waals surface area contributed by atoms with E-state index in [4.69, 9.17) is 37.8 Å². The van der Waals surface area contributed by atoms with Crippen LogP contribution in [0, 0.1) is 0 Å². The van der Waals surface area contributed by atoms with Crippen molar-refractivity contribution < 1.29 is 19.4 Å². The smallest absolute Gasteiger partial charge is 0.335 e. The average molecular weight is 462 g/mol. The molecule has 1 aromatic heterocycles. The molecule has 0 aliphatic rings. The van der Waals surface area contributed by atoms with Crippen LogP contribution in [0.25, 0.3) is 0 Å². The number of hydrogen-bond donors (Lipinski definition) is 1. The first-order valence-corrected chi connectivity index (χ1v) is 10.4. The van der Waals surface area contributed by atoms with Crippen molar-refractivity contribution in [3.8, 4) is 11.5 Å². The SMILES string of the molecule is CCOc1cccc(OCc2c(Cl)cc(Cl)c(=O)n2CCc2ccc(C(=O)O)cc2)c1. The van der Waals surface area contributed by atoms with Crippen molar-refractivity contribution in [1.29, 1.82) is 0 Å². The fraction of sp³-hybridized carbons (Fsp3) is 0.217. The number of rotatable bonds is 9. The molecule has 3 rings (SSSR count). The molecule has 0 unspecified atom stereocenters. The Morgan fingerprint density at radius 2 is 1.68 bits per heavy atom. The minimum Gasteiger partial charge on any atom is -0.494 e. The minimum absolute atomic E-state index is 0.0216. The third-order valence-corrected chi connectivity index (χ3v) is 5.22. The van der Waals surface area contributed by atoms with Crippen molar-refractivity contribution in [3.63, 3.8) is 0 Å². The lowest BCUT2D eigenvalue weighted by atomic mass is 10.1. The van der Waals surface area contributed by atoms with E-state index in [2.05, 4.69) is 0 Å². The average Bonchev–Trinajstić information content (AvgIpc) is 2.75. The van der Waals surface area contributed by atoms with Crippen LogP contribution in [-0.4, -0.2) is 22.2 Å². The molecule has 0 aliphatic heterocycles. The molecular formula is C23H21Cl2NO5. The largest absolute Gasteiger partial charge is 0.494 e. The molecule has 31 heavy (non-hydrogen) atoms. The first-order valence-electron chi connectivity index (χ1n) is 9.64. The Bertz CT molecular complexity index is 1130. The predicted octanol–water partition coefficient (Wildman–Crippen LogP) is 5.07. The van der Waals surface area contributed by atoms with Crippen LogP contribution in [0.15, 0.2) is 59.4 Å². The van der Waals surface area contributed by atoms with Gasteiger partial charge in [-0.2, -0.15) is 0 Å². The second-order valence-corrected chi connectivity index (χ2v) is 7.51. The van der Waals surface area contributed by atoms with Gasteiger partial charge in [0.1, 0.15) is 23.1 Å². The van der Waals surface area contributed by atoms with Gasteiger partial charge in [0.05, 0.1) is 22.9 Å². The lowest BCUT2D eigenvalue weighted by Gasteiger charge is -2.16. The molecule has 0 radical (unpaired) electrons. The number of aromatic carboxylic acids is 1. The van der Waals surface area contributed by atoms with Crippen LogP contribution in [-0.2, 0) is 19.6 Å². The molecule has 0 saturated carbocycles. The van der Waals surface area contributed by atoms with Crippen molar-refractivity contribution in [2.75, 3.05) is 6.61 Å². The van der Waals surface area contributed by atoms with Gasteiger partial charge in [0.15, 0.2) is 0 Å². The number of carbonyl (C=O) groups is 1. The van der Waals surface area contributed by atoms with Gasteiger partial charge in [0, 0.05) is 12.6 Å². The summed E-state index contributed by atoms with van der Waals surface area (Å²) in [6, 6.07) is 15.1. The topological polar surface area (TPSA) is 77.8 Å². The number of carboxylic acid groups (broad SMARTS) is 1. The number of pyridine rings is 1. The van der Waals surface area contributed by atoms with Crippen LogP contribution in [0.5, 0.6) is 11.5 Å². The number of ether oxygens (including phenoxy) is 2. The summed E-state index contributed by atoms with van der Waals surface area (Å²) in [5.41, 5.74) is 1.22. The highest BCUT2D eigenvalue weighted by Gasteiger charge is 2.14. The molecule has 0 bridgehead atoms. The number of aryl methyl sites for hydroxylation is 1. The fourth-order valence-electron chi connectivity index (χ4n) is 3.05. The van der Waals surface area contributed by atoms with E-state index in [0.717, 1.165) is 5.56 Å². The normalized spacial score (nSPS) is 10.7. The van der Waals surface area contributed by atoms with E-state index < -0.39 is 5.97 Å². The van der Waals surface area contributed by atoms with Crippen LogP contribution >= 0.6 is 23.2 Å². The van der Waals surface area contributed by atoms with Crippen LogP contribution in [0.2, 0.25) is 10.0 Å². The van der Waals surface area contributed by atoms with E-state index in [-0.39, 0.29) is 22.8 Å². The molecule has 0 aliphatic carbocycles. The molecule has 0 atom stereocenters. The highest BCUT2D eigenvalue weighted by molar-refractivity contribution is 6.34. The van der Waals surface area contributed by atoms with Gasteiger partial charge < -0.3 is 19.1 Å². The van der Waals surface area contributed by atoms with Crippen LogP contribution in [0.1, 0.15) is 28.5 Å². The maximum atomic E-state index is 12.7. The van der Waals surface area contributed by atoms with Crippen molar-refractivity contribution in [1.82, 2.24) is 4.57 Å². The van der Waals surface area contributed by atoms with Crippen LogP contribution in [0.3, 0.4) is 0 Å². The number of halogens is 2. The van der Waals surface area contributed by atoms with Gasteiger partial charge in [0.2, 0.25) is 0 Å². The Morgan fingerprint density at radius 3 is 2.32 bits per heavy atom. The lowest BCUT2D eigenvalue weighted by molar-refractivity contribution is 0.0697. The van der Waals surface area contributed by atoms with E-state index in [9.17, 15) is 9.59 Å². The molecule has 1 heterocycles. The van der Waals surface area contributed by atoms with E-state index in [1.165, 1.54) is 22.8 Å². The Balaban J connectivity index is 1.80. The minimum atomic E-state index is -0.989. The van der Waals surface area contributed by atoms with Crippen molar-refractivity contribution in [3.05, 3.63) is 91.8 Å². The van der Waals surface area contributed by atoms with Gasteiger partial charge in [-0.05, 0) is 49.2 Å². The molecule has 3 aromatic rings. The van der Waals surface area contributed by atoms with E-state index in [1.54, 1.807) is 24.3 Å². The Labute approximate surface area is 189 Å². The Hall–Kier alpha value is -2.96.